The van der Waals surface area contributed by atoms with Crippen molar-refractivity contribution >= 4 is 29.1 Å². The highest BCUT2D eigenvalue weighted by molar-refractivity contribution is 7.98. The van der Waals surface area contributed by atoms with Gasteiger partial charge >= 0.3 is 12.1 Å². The maximum atomic E-state index is 12.7. The molecule has 0 amide bonds. The molecule has 0 spiro atoms. The van der Waals surface area contributed by atoms with E-state index >= 15 is 0 Å². The molecule has 0 aliphatic carbocycles. The zero-order chi connectivity index (χ0) is 15.6. The fraction of sp³-hybridized carbons (Fsp3) is 0.231. The Labute approximate surface area is 126 Å². The van der Waals surface area contributed by atoms with Crippen molar-refractivity contribution < 1.29 is 23.1 Å². The van der Waals surface area contributed by atoms with E-state index in [0.717, 1.165) is 10.5 Å². The molecule has 2 aromatic rings. The van der Waals surface area contributed by atoms with Gasteiger partial charge in [-0.05, 0) is 18.6 Å². The van der Waals surface area contributed by atoms with E-state index in [1.165, 1.54) is 11.8 Å². The van der Waals surface area contributed by atoms with E-state index in [4.69, 9.17) is 5.11 Å². The number of carboxylic acids is 1. The number of hydrogen-bond acceptors (Lipinski definition) is 4. The molecule has 8 heteroatoms. The molecule has 0 aliphatic rings. The van der Waals surface area contributed by atoms with Crippen molar-refractivity contribution in [1.82, 2.24) is 4.98 Å². The highest BCUT2D eigenvalue weighted by Gasteiger charge is 2.39. The molecule has 0 radical (unpaired) electrons. The molecule has 0 atom stereocenters. The summed E-state index contributed by atoms with van der Waals surface area (Å²) in [4.78, 5) is 14.5. The van der Waals surface area contributed by atoms with Crippen molar-refractivity contribution in [3.05, 3.63) is 45.4 Å². The lowest BCUT2D eigenvalue weighted by molar-refractivity contribution is -0.141. The van der Waals surface area contributed by atoms with Crippen LogP contribution in [0.25, 0.3) is 0 Å². The minimum atomic E-state index is -4.75. The molecule has 112 valence electrons. The molecular weight excluding hydrogens is 323 g/mol. The van der Waals surface area contributed by atoms with Crippen LogP contribution in [-0.2, 0) is 11.9 Å². The Balaban J connectivity index is 2.22. The summed E-state index contributed by atoms with van der Waals surface area (Å²) < 4.78 is 38.2. The molecule has 0 saturated heterocycles. The number of aryl methyl sites for hydroxylation is 1. The van der Waals surface area contributed by atoms with Crippen molar-refractivity contribution in [3.8, 4) is 0 Å². The quantitative estimate of drug-likeness (QED) is 0.839. The standard InChI is InChI=1S/C13H10F3NO2S2/c1-7-4-2-3-5-8(7)20-6-9-17-11(13(14,15)16)10(21-9)12(18)19/h2-5H,6H2,1H3,(H,18,19). The van der Waals surface area contributed by atoms with Crippen LogP contribution < -0.4 is 0 Å². The average Bonchev–Trinajstić information content (AvgIpc) is 2.82. The number of carboxylic acid groups (broad SMARTS) is 1. The number of aromatic nitrogens is 1. The molecule has 0 saturated carbocycles. The first-order valence-electron chi connectivity index (χ1n) is 5.77. The van der Waals surface area contributed by atoms with Crippen molar-refractivity contribution in [1.29, 1.82) is 0 Å². The summed E-state index contributed by atoms with van der Waals surface area (Å²) in [6.07, 6.45) is -4.75. The molecule has 1 aromatic heterocycles. The second-order valence-corrected chi connectivity index (χ2v) is 6.24. The topological polar surface area (TPSA) is 50.2 Å². The Hall–Kier alpha value is -1.54. The van der Waals surface area contributed by atoms with Crippen LogP contribution >= 0.6 is 23.1 Å². The molecular formula is C13H10F3NO2S2. The molecule has 2 rings (SSSR count). The van der Waals surface area contributed by atoms with E-state index in [9.17, 15) is 18.0 Å². The van der Waals surface area contributed by atoms with Gasteiger partial charge in [-0.25, -0.2) is 9.78 Å². The fourth-order valence-electron chi connectivity index (χ4n) is 1.62. The molecule has 0 fully saturated rings. The molecule has 1 heterocycles. The van der Waals surface area contributed by atoms with E-state index in [-0.39, 0.29) is 10.8 Å². The van der Waals surface area contributed by atoms with Gasteiger partial charge in [-0.2, -0.15) is 13.2 Å². The van der Waals surface area contributed by atoms with E-state index in [2.05, 4.69) is 4.98 Å². The van der Waals surface area contributed by atoms with Gasteiger partial charge in [0.2, 0.25) is 0 Å². The van der Waals surface area contributed by atoms with Gasteiger partial charge in [0.25, 0.3) is 0 Å². The second kappa shape index (κ2) is 6.07. The summed E-state index contributed by atoms with van der Waals surface area (Å²) in [6, 6.07) is 7.46. The summed E-state index contributed by atoms with van der Waals surface area (Å²) in [7, 11) is 0. The molecule has 3 nitrogen and oxygen atoms in total. The van der Waals surface area contributed by atoms with Crippen LogP contribution in [-0.4, -0.2) is 16.1 Å². The van der Waals surface area contributed by atoms with Gasteiger partial charge in [0, 0.05) is 4.90 Å². The van der Waals surface area contributed by atoms with Crippen molar-refractivity contribution in [2.75, 3.05) is 0 Å². The Kier molecular flexibility index (Phi) is 4.58. The van der Waals surface area contributed by atoms with E-state index in [1.807, 2.05) is 31.2 Å². The number of hydrogen-bond donors (Lipinski definition) is 1. The largest absolute Gasteiger partial charge is 0.477 e. The Morgan fingerprint density at radius 1 is 1.38 bits per heavy atom. The maximum absolute atomic E-state index is 12.7. The molecule has 1 aromatic carbocycles. The first kappa shape index (κ1) is 15.8. The van der Waals surface area contributed by atoms with Gasteiger partial charge < -0.3 is 5.11 Å². The lowest BCUT2D eigenvalue weighted by Gasteiger charge is -2.03. The number of halogens is 3. The van der Waals surface area contributed by atoms with Crippen LogP contribution in [0.15, 0.2) is 29.2 Å². The van der Waals surface area contributed by atoms with Gasteiger partial charge in [-0.3, -0.25) is 0 Å². The van der Waals surface area contributed by atoms with Crippen LogP contribution in [0.3, 0.4) is 0 Å². The second-order valence-electron chi connectivity index (χ2n) is 4.14. The van der Waals surface area contributed by atoms with Crippen LogP contribution in [0, 0.1) is 6.92 Å². The third-order valence-corrected chi connectivity index (χ3v) is 4.99. The summed E-state index contributed by atoms with van der Waals surface area (Å²) in [5, 5.41) is 8.98. The number of nitrogens with zero attached hydrogens (tertiary/aromatic N) is 1. The first-order valence-corrected chi connectivity index (χ1v) is 7.58. The van der Waals surface area contributed by atoms with Crippen molar-refractivity contribution in [2.24, 2.45) is 0 Å². The summed E-state index contributed by atoms with van der Waals surface area (Å²) in [5.74, 6) is -1.40. The van der Waals surface area contributed by atoms with E-state index in [0.29, 0.717) is 11.3 Å². The third-order valence-electron chi connectivity index (χ3n) is 2.58. The van der Waals surface area contributed by atoms with Crippen molar-refractivity contribution in [3.63, 3.8) is 0 Å². The van der Waals surface area contributed by atoms with Gasteiger partial charge in [-0.1, -0.05) is 18.2 Å². The number of benzene rings is 1. The first-order chi connectivity index (χ1) is 9.79. The SMILES string of the molecule is Cc1ccccc1SCc1nc(C(F)(F)F)c(C(=O)O)s1. The van der Waals surface area contributed by atoms with Crippen LogP contribution in [0.5, 0.6) is 0 Å². The third kappa shape index (κ3) is 3.76. The summed E-state index contributed by atoms with van der Waals surface area (Å²) in [5.41, 5.74) is -0.311. The molecule has 0 unspecified atom stereocenters. The number of carbonyl (C=O) groups is 1. The lowest BCUT2D eigenvalue weighted by Crippen LogP contribution is -2.11. The number of aromatic carboxylic acids is 1. The lowest BCUT2D eigenvalue weighted by atomic mass is 10.2. The predicted octanol–water partition coefficient (Wildman–Crippen LogP) is 4.46. The minimum absolute atomic E-state index is 0.146. The molecule has 21 heavy (non-hydrogen) atoms. The number of alkyl halides is 3. The number of rotatable bonds is 4. The van der Waals surface area contributed by atoms with Gasteiger partial charge in [0.15, 0.2) is 5.69 Å². The summed E-state index contributed by atoms with van der Waals surface area (Å²) >= 11 is 1.90. The normalized spacial score (nSPS) is 11.6. The summed E-state index contributed by atoms with van der Waals surface area (Å²) in [6.45, 7) is 1.90. The number of thiazole rings is 1. The van der Waals surface area contributed by atoms with Crippen LogP contribution in [0.2, 0.25) is 0 Å². The smallest absolute Gasteiger partial charge is 0.435 e. The van der Waals surface area contributed by atoms with Crippen LogP contribution in [0.1, 0.15) is 25.9 Å². The number of thioether (sulfide) groups is 1. The highest BCUT2D eigenvalue weighted by atomic mass is 32.2. The molecule has 0 aliphatic heterocycles. The van der Waals surface area contributed by atoms with Crippen molar-refractivity contribution in [2.45, 2.75) is 23.7 Å². The molecule has 0 bridgehead atoms. The zero-order valence-electron chi connectivity index (χ0n) is 10.8. The average molecular weight is 333 g/mol. The van der Waals surface area contributed by atoms with Gasteiger partial charge in [-0.15, -0.1) is 23.1 Å². The Morgan fingerprint density at radius 2 is 2.05 bits per heavy atom. The van der Waals surface area contributed by atoms with Crippen LogP contribution in [0.4, 0.5) is 13.2 Å². The maximum Gasteiger partial charge on any atom is 0.435 e. The minimum Gasteiger partial charge on any atom is -0.477 e. The zero-order valence-corrected chi connectivity index (χ0v) is 12.4. The monoisotopic (exact) mass is 333 g/mol. The van der Waals surface area contributed by atoms with Gasteiger partial charge in [0.1, 0.15) is 9.88 Å². The Morgan fingerprint density at radius 3 is 2.57 bits per heavy atom. The fourth-order valence-corrected chi connectivity index (χ4v) is 3.57. The van der Waals surface area contributed by atoms with E-state index in [1.54, 1.807) is 0 Å². The van der Waals surface area contributed by atoms with Gasteiger partial charge in [0.05, 0.1) is 5.75 Å². The molecule has 1 N–H and O–H groups in total. The predicted molar refractivity (Wildman–Crippen MR) is 74.8 cm³/mol. The highest BCUT2D eigenvalue weighted by Crippen LogP contribution is 2.36. The van der Waals surface area contributed by atoms with E-state index < -0.39 is 22.7 Å². The Bertz CT molecular complexity index is 668.